The molecule has 0 saturated carbocycles. The fourth-order valence-electron chi connectivity index (χ4n) is 2.45. The van der Waals surface area contributed by atoms with Crippen molar-refractivity contribution in [1.82, 2.24) is 5.32 Å². The molecule has 0 spiro atoms. The molecule has 2 atom stereocenters. The monoisotopic (exact) mass is 299 g/mol. The fourth-order valence-corrected chi connectivity index (χ4v) is 3.85. The Balaban J connectivity index is 1.89. The molecule has 1 N–H and O–H groups in total. The van der Waals surface area contributed by atoms with E-state index < -0.39 is 0 Å². The van der Waals surface area contributed by atoms with Gasteiger partial charge in [0.1, 0.15) is 0 Å². The zero-order valence-corrected chi connectivity index (χ0v) is 13.0. The van der Waals surface area contributed by atoms with Crippen LogP contribution in [0.5, 0.6) is 0 Å². The Hall–Kier alpha value is -0.220. The molecule has 0 bridgehead atoms. The van der Waals surface area contributed by atoms with E-state index in [9.17, 15) is 0 Å². The van der Waals surface area contributed by atoms with Crippen molar-refractivity contribution in [2.45, 2.75) is 30.7 Å². The van der Waals surface area contributed by atoms with E-state index >= 15 is 0 Å². The van der Waals surface area contributed by atoms with E-state index in [-0.39, 0.29) is 0 Å². The van der Waals surface area contributed by atoms with Gasteiger partial charge in [-0.3, -0.25) is 0 Å². The van der Waals surface area contributed by atoms with Crippen LogP contribution in [0, 0.1) is 5.92 Å². The summed E-state index contributed by atoms with van der Waals surface area (Å²) in [7, 11) is 0. The maximum Gasteiger partial charge on any atom is 0.0509 e. The van der Waals surface area contributed by atoms with Crippen molar-refractivity contribution in [3.8, 4) is 0 Å². The third-order valence-corrected chi connectivity index (χ3v) is 4.80. The van der Waals surface area contributed by atoms with Crippen LogP contribution < -0.4 is 5.32 Å². The summed E-state index contributed by atoms with van der Waals surface area (Å²) >= 11 is 7.89. The Morgan fingerprint density at radius 3 is 3.11 bits per heavy atom. The lowest BCUT2D eigenvalue weighted by atomic mass is 9.95. The van der Waals surface area contributed by atoms with Gasteiger partial charge in [-0.2, -0.15) is 0 Å². The second kappa shape index (κ2) is 8.15. The summed E-state index contributed by atoms with van der Waals surface area (Å²) in [6.45, 7) is 5.00. The number of hydrogen-bond acceptors (Lipinski definition) is 3. The molecule has 0 aliphatic carbocycles. The first kappa shape index (κ1) is 15.2. The normalized spacial score (nSPS) is 21.3. The van der Waals surface area contributed by atoms with Crippen LogP contribution >= 0.6 is 23.4 Å². The lowest BCUT2D eigenvalue weighted by Crippen LogP contribution is -2.41. The summed E-state index contributed by atoms with van der Waals surface area (Å²) in [4.78, 5) is 1.24. The van der Waals surface area contributed by atoms with Gasteiger partial charge in [-0.1, -0.05) is 24.6 Å². The van der Waals surface area contributed by atoms with Gasteiger partial charge in [0.05, 0.1) is 6.61 Å². The molecule has 2 unspecified atom stereocenters. The van der Waals surface area contributed by atoms with E-state index in [4.69, 9.17) is 16.3 Å². The molecule has 0 radical (unpaired) electrons. The lowest BCUT2D eigenvalue weighted by Gasteiger charge is -2.30. The quantitative estimate of drug-likeness (QED) is 0.807. The second-order valence-corrected chi connectivity index (χ2v) is 6.44. The fraction of sp³-hybridized carbons (Fsp3) is 0.600. The van der Waals surface area contributed by atoms with Crippen LogP contribution in [0.3, 0.4) is 0 Å². The minimum atomic E-state index is 0.522. The van der Waals surface area contributed by atoms with Crippen LogP contribution in [-0.4, -0.2) is 31.6 Å². The van der Waals surface area contributed by atoms with E-state index in [1.165, 1.54) is 17.7 Å². The first-order chi connectivity index (χ1) is 9.29. The minimum Gasteiger partial charge on any atom is -0.381 e. The van der Waals surface area contributed by atoms with Crippen LogP contribution in [0.4, 0.5) is 0 Å². The number of halogens is 1. The highest BCUT2D eigenvalue weighted by Gasteiger charge is 2.23. The zero-order chi connectivity index (χ0) is 13.5. The third-order valence-electron chi connectivity index (χ3n) is 3.46. The number of hydrogen-bond donors (Lipinski definition) is 1. The second-order valence-electron chi connectivity index (χ2n) is 4.91. The molecule has 1 aromatic carbocycles. The molecule has 2 rings (SSSR count). The molecule has 4 heteroatoms. The lowest BCUT2D eigenvalue weighted by molar-refractivity contribution is 0.0429. The van der Waals surface area contributed by atoms with Crippen molar-refractivity contribution in [3.05, 3.63) is 29.3 Å². The maximum atomic E-state index is 6.02. The highest BCUT2D eigenvalue weighted by Crippen LogP contribution is 2.26. The summed E-state index contributed by atoms with van der Waals surface area (Å²) in [5.41, 5.74) is 0. The van der Waals surface area contributed by atoms with E-state index in [2.05, 4.69) is 18.3 Å². The standard InChI is InChI=1S/C15H22ClNOS/c1-2-17-15(12-5-4-8-18-10-12)11-19-14-7-3-6-13(16)9-14/h3,6-7,9,12,15,17H,2,4-5,8,10-11H2,1H3. The van der Waals surface area contributed by atoms with Crippen LogP contribution in [0.25, 0.3) is 0 Å². The summed E-state index contributed by atoms with van der Waals surface area (Å²) in [6, 6.07) is 8.61. The zero-order valence-electron chi connectivity index (χ0n) is 11.4. The molecule has 19 heavy (non-hydrogen) atoms. The SMILES string of the molecule is CCNC(CSc1cccc(Cl)c1)C1CCCOC1. The number of rotatable bonds is 6. The van der Waals surface area contributed by atoms with Gasteiger partial charge in [0.25, 0.3) is 0 Å². The van der Waals surface area contributed by atoms with Crippen LogP contribution in [0.15, 0.2) is 29.2 Å². The molecule has 0 aromatic heterocycles. The summed E-state index contributed by atoms with van der Waals surface area (Å²) in [6.07, 6.45) is 2.46. The van der Waals surface area contributed by atoms with Gasteiger partial charge >= 0.3 is 0 Å². The van der Waals surface area contributed by atoms with Crippen LogP contribution in [-0.2, 0) is 4.74 Å². The molecule has 1 aromatic rings. The smallest absolute Gasteiger partial charge is 0.0509 e. The summed E-state index contributed by atoms with van der Waals surface area (Å²) in [5, 5.41) is 4.41. The predicted molar refractivity (Wildman–Crippen MR) is 83.2 cm³/mol. The van der Waals surface area contributed by atoms with Gasteiger partial charge in [-0.25, -0.2) is 0 Å². The van der Waals surface area contributed by atoms with Crippen molar-refractivity contribution in [1.29, 1.82) is 0 Å². The maximum absolute atomic E-state index is 6.02. The van der Waals surface area contributed by atoms with E-state index in [1.54, 1.807) is 0 Å². The molecule has 1 fully saturated rings. The number of benzene rings is 1. The Morgan fingerprint density at radius 2 is 2.42 bits per heavy atom. The van der Waals surface area contributed by atoms with Gasteiger partial charge in [0.15, 0.2) is 0 Å². The number of ether oxygens (including phenoxy) is 1. The molecule has 1 saturated heterocycles. The largest absolute Gasteiger partial charge is 0.381 e. The van der Waals surface area contributed by atoms with E-state index in [0.717, 1.165) is 30.5 Å². The summed E-state index contributed by atoms with van der Waals surface area (Å²) in [5.74, 6) is 1.71. The first-order valence-electron chi connectivity index (χ1n) is 6.99. The number of nitrogens with one attached hydrogen (secondary N) is 1. The average molecular weight is 300 g/mol. The Kier molecular flexibility index (Phi) is 6.51. The van der Waals surface area contributed by atoms with Gasteiger partial charge in [0.2, 0.25) is 0 Å². The highest BCUT2D eigenvalue weighted by molar-refractivity contribution is 7.99. The number of thioether (sulfide) groups is 1. The van der Waals surface area contributed by atoms with Crippen LogP contribution in [0.1, 0.15) is 19.8 Å². The first-order valence-corrected chi connectivity index (χ1v) is 8.35. The van der Waals surface area contributed by atoms with Crippen molar-refractivity contribution < 1.29 is 4.74 Å². The Morgan fingerprint density at radius 1 is 1.53 bits per heavy atom. The van der Waals surface area contributed by atoms with Crippen molar-refractivity contribution >= 4 is 23.4 Å². The molecule has 2 nitrogen and oxygen atoms in total. The van der Waals surface area contributed by atoms with Gasteiger partial charge in [-0.05, 0) is 43.5 Å². The topological polar surface area (TPSA) is 21.3 Å². The Labute approximate surface area is 125 Å². The van der Waals surface area contributed by atoms with E-state index in [1.807, 2.05) is 30.0 Å². The van der Waals surface area contributed by atoms with E-state index in [0.29, 0.717) is 12.0 Å². The molecule has 1 aliphatic heterocycles. The highest BCUT2D eigenvalue weighted by atomic mass is 35.5. The van der Waals surface area contributed by atoms with Crippen molar-refractivity contribution in [3.63, 3.8) is 0 Å². The summed E-state index contributed by atoms with van der Waals surface area (Å²) < 4.78 is 5.61. The molecule has 1 aliphatic rings. The molecular weight excluding hydrogens is 278 g/mol. The van der Waals surface area contributed by atoms with Gasteiger partial charge < -0.3 is 10.1 Å². The minimum absolute atomic E-state index is 0.522. The average Bonchev–Trinajstić information content (AvgIpc) is 2.44. The molecule has 106 valence electrons. The molecule has 0 amide bonds. The molecular formula is C15H22ClNOS. The predicted octanol–water partition coefficient (Wildman–Crippen LogP) is 3.84. The van der Waals surface area contributed by atoms with Gasteiger partial charge in [0, 0.05) is 28.3 Å². The molecule has 1 heterocycles. The third kappa shape index (κ3) is 4.99. The van der Waals surface area contributed by atoms with Crippen molar-refractivity contribution in [2.75, 3.05) is 25.5 Å². The van der Waals surface area contributed by atoms with Gasteiger partial charge in [-0.15, -0.1) is 11.8 Å². The van der Waals surface area contributed by atoms with Crippen molar-refractivity contribution in [2.24, 2.45) is 5.92 Å². The Bertz CT molecular complexity index is 382. The van der Waals surface area contributed by atoms with Crippen LogP contribution in [0.2, 0.25) is 5.02 Å².